The van der Waals surface area contributed by atoms with Gasteiger partial charge in [0.15, 0.2) is 11.5 Å². The van der Waals surface area contributed by atoms with Gasteiger partial charge in [0.1, 0.15) is 0 Å². The molecule has 1 amide bonds. The predicted molar refractivity (Wildman–Crippen MR) is 123 cm³/mol. The third-order valence-electron chi connectivity index (χ3n) is 5.22. The number of benzene rings is 2. The number of hydrogen-bond donors (Lipinski definition) is 1. The molecule has 0 spiro atoms. The summed E-state index contributed by atoms with van der Waals surface area (Å²) in [5, 5.41) is 0. The fraction of sp³-hybridized carbons (Fsp3) is 0.273. The van der Waals surface area contributed by atoms with Crippen molar-refractivity contribution in [3.05, 3.63) is 70.9 Å². The highest BCUT2D eigenvalue weighted by atomic mass is 35.5. The Kier molecular flexibility index (Phi) is 8.06. The van der Waals surface area contributed by atoms with Crippen LogP contribution >= 0.6 is 12.4 Å². The van der Waals surface area contributed by atoms with E-state index in [1.165, 1.54) is 19.2 Å². The summed E-state index contributed by atoms with van der Waals surface area (Å²) in [4.78, 5) is 27.0. The highest BCUT2D eigenvalue weighted by molar-refractivity contribution is 7.89. The first-order chi connectivity index (χ1) is 14.7. The number of fused-ring (bicyclic) bond motifs is 1. The third kappa shape index (κ3) is 4.79. The smallest absolute Gasteiger partial charge is 0.343 e. The lowest BCUT2D eigenvalue weighted by Crippen LogP contribution is -2.38. The molecule has 0 saturated carbocycles. The van der Waals surface area contributed by atoms with Crippen LogP contribution < -0.4 is 5.73 Å². The van der Waals surface area contributed by atoms with Crippen LogP contribution in [0.3, 0.4) is 0 Å². The number of carbonyl (C=O) groups is 2. The second-order valence-electron chi connectivity index (χ2n) is 7.06. The van der Waals surface area contributed by atoms with Crippen molar-refractivity contribution in [3.63, 3.8) is 0 Å². The van der Waals surface area contributed by atoms with Gasteiger partial charge < -0.3 is 10.5 Å². The molecule has 2 aromatic carbocycles. The van der Waals surface area contributed by atoms with E-state index in [4.69, 9.17) is 10.5 Å². The number of halogens is 1. The second-order valence-corrected chi connectivity index (χ2v) is 9.00. The Morgan fingerprint density at radius 1 is 1.03 bits per heavy atom. The molecule has 0 atom stereocenters. The van der Waals surface area contributed by atoms with Crippen LogP contribution in [-0.4, -0.2) is 49.6 Å². The third-order valence-corrected chi connectivity index (χ3v) is 7.03. The van der Waals surface area contributed by atoms with E-state index in [9.17, 15) is 18.0 Å². The lowest BCUT2D eigenvalue weighted by atomic mass is 10.1. The maximum Gasteiger partial charge on any atom is 0.343 e. The van der Waals surface area contributed by atoms with Crippen LogP contribution in [0.4, 0.5) is 0 Å². The van der Waals surface area contributed by atoms with Crippen molar-refractivity contribution in [3.8, 4) is 0 Å². The number of esters is 1. The molecule has 0 bridgehead atoms. The summed E-state index contributed by atoms with van der Waals surface area (Å²) < 4.78 is 31.7. The molecular formula is C22H26ClN3O5S. The quantitative estimate of drug-likeness (QED) is 0.611. The number of sulfonamides is 1. The number of nitrogens with two attached hydrogens (primary N) is 1. The number of rotatable bonds is 7. The summed E-state index contributed by atoms with van der Waals surface area (Å²) in [6, 6.07) is 12.9. The van der Waals surface area contributed by atoms with Gasteiger partial charge in [0.25, 0.3) is 15.9 Å². The number of likely N-dealkylation sites (N-methyl/N-ethyl adjacent to an activating group) is 1. The largest absolute Gasteiger partial charge is 0.420 e. The Hall–Kier alpha value is -2.88. The van der Waals surface area contributed by atoms with Gasteiger partial charge in [0, 0.05) is 19.2 Å². The summed E-state index contributed by atoms with van der Waals surface area (Å²) in [6.07, 6.45) is 0. The van der Waals surface area contributed by atoms with Gasteiger partial charge in [-0.15, -0.1) is 12.4 Å². The summed E-state index contributed by atoms with van der Waals surface area (Å²) in [5.74, 6) is -1.92. The molecule has 8 nitrogen and oxygen atoms in total. The number of amides is 1. The number of ether oxygens (including phenoxy) is 1. The van der Waals surface area contributed by atoms with Gasteiger partial charge >= 0.3 is 5.97 Å². The van der Waals surface area contributed by atoms with Crippen LogP contribution in [0.1, 0.15) is 35.3 Å². The topological polar surface area (TPSA) is 110 Å². The molecule has 0 aromatic heterocycles. The second kappa shape index (κ2) is 10.2. The Morgan fingerprint density at radius 3 is 2.19 bits per heavy atom. The minimum absolute atomic E-state index is 0. The van der Waals surface area contributed by atoms with Crippen molar-refractivity contribution >= 4 is 40.1 Å². The van der Waals surface area contributed by atoms with E-state index >= 15 is 0 Å². The number of carbonyl (C=O) groups excluding carboxylic acids is 2. The molecule has 0 radical (unpaired) electrons. The van der Waals surface area contributed by atoms with Gasteiger partial charge in [0.05, 0.1) is 10.5 Å². The van der Waals surface area contributed by atoms with Gasteiger partial charge in [0.2, 0.25) is 0 Å². The van der Waals surface area contributed by atoms with E-state index in [1.807, 2.05) is 12.1 Å². The molecule has 3 rings (SSSR count). The summed E-state index contributed by atoms with van der Waals surface area (Å²) in [6.45, 7) is 6.76. The lowest BCUT2D eigenvalue weighted by molar-refractivity contribution is -0.115. The van der Waals surface area contributed by atoms with Crippen LogP contribution in [0.25, 0.3) is 5.76 Å². The van der Waals surface area contributed by atoms with E-state index in [0.717, 1.165) is 29.5 Å². The lowest BCUT2D eigenvalue weighted by Gasteiger charge is -2.29. The average molecular weight is 480 g/mol. The Bertz CT molecular complexity index is 1140. The molecule has 10 heteroatoms. The fourth-order valence-corrected chi connectivity index (χ4v) is 4.79. The average Bonchev–Trinajstić information content (AvgIpc) is 2.76. The van der Waals surface area contributed by atoms with Crippen LogP contribution in [0.2, 0.25) is 0 Å². The molecule has 172 valence electrons. The molecule has 0 aliphatic carbocycles. The van der Waals surface area contributed by atoms with Crippen molar-refractivity contribution < 1.29 is 22.7 Å². The number of hydrogen-bond acceptors (Lipinski definition) is 6. The zero-order valence-electron chi connectivity index (χ0n) is 18.1. The predicted octanol–water partition coefficient (Wildman–Crippen LogP) is 2.60. The minimum Gasteiger partial charge on any atom is -0.420 e. The standard InChI is InChI=1S/C22H25N3O5S.ClH/c1-4-25(5-2)14-15-10-12-16(13-11-15)22(27)30-20-17-8-6-7-9-18(17)31(28,29)24(3)19(20)21(23)26;/h6-13H,4-5,14H2,1-3H3,(H2,23,26);1H. The Labute approximate surface area is 194 Å². The fourth-order valence-electron chi connectivity index (χ4n) is 3.39. The molecule has 2 aromatic rings. The maximum atomic E-state index is 12.8. The molecular weight excluding hydrogens is 454 g/mol. The van der Waals surface area contributed by atoms with Crippen molar-refractivity contribution in [1.29, 1.82) is 0 Å². The summed E-state index contributed by atoms with van der Waals surface area (Å²) >= 11 is 0. The van der Waals surface area contributed by atoms with Crippen molar-refractivity contribution in [2.45, 2.75) is 25.3 Å². The van der Waals surface area contributed by atoms with Gasteiger partial charge in [-0.1, -0.05) is 38.1 Å². The van der Waals surface area contributed by atoms with Crippen molar-refractivity contribution in [1.82, 2.24) is 9.21 Å². The summed E-state index contributed by atoms with van der Waals surface area (Å²) in [7, 11) is -2.80. The van der Waals surface area contributed by atoms with Gasteiger partial charge in [-0.05, 0) is 42.9 Å². The van der Waals surface area contributed by atoms with Crippen LogP contribution in [-0.2, 0) is 26.1 Å². The first kappa shape index (κ1) is 25.4. The van der Waals surface area contributed by atoms with E-state index < -0.39 is 27.6 Å². The Morgan fingerprint density at radius 2 is 1.62 bits per heavy atom. The monoisotopic (exact) mass is 479 g/mol. The van der Waals surface area contributed by atoms with Crippen molar-refractivity contribution in [2.24, 2.45) is 5.73 Å². The van der Waals surface area contributed by atoms with Crippen LogP contribution in [0, 0.1) is 0 Å². The first-order valence-corrected chi connectivity index (χ1v) is 11.3. The SMILES string of the molecule is CCN(CC)Cc1ccc(C(=O)OC2=C(C(N)=O)N(C)S(=O)(=O)c3ccccc32)cc1.Cl. The van der Waals surface area contributed by atoms with Gasteiger partial charge in [-0.25, -0.2) is 13.2 Å². The first-order valence-electron chi connectivity index (χ1n) is 9.86. The Balaban J connectivity index is 0.00000363. The molecule has 2 N–H and O–H groups in total. The van der Waals surface area contributed by atoms with Crippen LogP contribution in [0.5, 0.6) is 0 Å². The molecule has 1 heterocycles. The zero-order chi connectivity index (χ0) is 22.8. The van der Waals surface area contributed by atoms with E-state index in [-0.39, 0.29) is 34.2 Å². The molecule has 0 unspecified atom stereocenters. The van der Waals surface area contributed by atoms with Gasteiger partial charge in [-0.3, -0.25) is 14.0 Å². The highest BCUT2D eigenvalue weighted by Crippen LogP contribution is 2.36. The number of primary amides is 1. The van der Waals surface area contributed by atoms with E-state index in [2.05, 4.69) is 18.7 Å². The maximum absolute atomic E-state index is 12.8. The zero-order valence-corrected chi connectivity index (χ0v) is 19.7. The number of nitrogens with zero attached hydrogens (tertiary/aromatic N) is 2. The molecule has 1 aliphatic rings. The van der Waals surface area contributed by atoms with E-state index in [0.29, 0.717) is 0 Å². The molecule has 32 heavy (non-hydrogen) atoms. The van der Waals surface area contributed by atoms with Crippen LogP contribution in [0.15, 0.2) is 59.1 Å². The van der Waals surface area contributed by atoms with E-state index in [1.54, 1.807) is 24.3 Å². The normalized spacial score (nSPS) is 14.6. The minimum atomic E-state index is -3.99. The molecule has 0 fully saturated rings. The van der Waals surface area contributed by atoms with Crippen molar-refractivity contribution in [2.75, 3.05) is 20.1 Å². The molecule has 0 saturated heterocycles. The molecule has 1 aliphatic heterocycles. The highest BCUT2D eigenvalue weighted by Gasteiger charge is 2.38. The van der Waals surface area contributed by atoms with Gasteiger partial charge in [-0.2, -0.15) is 0 Å². The summed E-state index contributed by atoms with van der Waals surface area (Å²) in [5.41, 5.74) is 6.47.